The van der Waals surface area contributed by atoms with Crippen molar-refractivity contribution in [3.8, 4) is 0 Å². The van der Waals surface area contributed by atoms with Crippen LogP contribution in [0.25, 0.3) is 0 Å². The molecule has 2 atom stereocenters. The van der Waals surface area contributed by atoms with E-state index in [0.29, 0.717) is 24.9 Å². The smallest absolute Gasteiger partial charge is 0.220 e. The Bertz CT molecular complexity index is 471. The van der Waals surface area contributed by atoms with E-state index in [-0.39, 0.29) is 5.91 Å². The Balaban J connectivity index is 1.57. The highest BCUT2D eigenvalue weighted by atomic mass is 16.1. The fourth-order valence-corrected chi connectivity index (χ4v) is 3.37. The van der Waals surface area contributed by atoms with Crippen molar-refractivity contribution in [1.29, 1.82) is 0 Å². The van der Waals surface area contributed by atoms with E-state index in [1.807, 2.05) is 0 Å². The van der Waals surface area contributed by atoms with Gasteiger partial charge in [-0.2, -0.15) is 0 Å². The molecule has 2 saturated heterocycles. The fourth-order valence-electron chi connectivity index (χ4n) is 3.37. The largest absolute Gasteiger partial charge is 0.353 e. The summed E-state index contributed by atoms with van der Waals surface area (Å²) in [6, 6.07) is 8.99. The Hall–Kier alpha value is -1.39. The molecule has 0 spiro atoms. The molecule has 2 unspecified atom stereocenters. The molecular weight excluding hydrogens is 250 g/mol. The van der Waals surface area contributed by atoms with E-state index in [9.17, 15) is 4.79 Å². The summed E-state index contributed by atoms with van der Waals surface area (Å²) in [5, 5.41) is 3.14. The lowest BCUT2D eigenvalue weighted by Crippen LogP contribution is -2.53. The van der Waals surface area contributed by atoms with Crippen molar-refractivity contribution in [2.45, 2.75) is 38.4 Å². The van der Waals surface area contributed by atoms with Crippen LogP contribution in [0.15, 0.2) is 24.3 Å². The van der Waals surface area contributed by atoms with Gasteiger partial charge in [0.15, 0.2) is 0 Å². The molecule has 1 amide bonds. The summed E-state index contributed by atoms with van der Waals surface area (Å²) < 4.78 is 0. The molecule has 4 heteroatoms. The fraction of sp³-hybridized carbons (Fsp3) is 0.562. The Morgan fingerprint density at radius 3 is 2.70 bits per heavy atom. The van der Waals surface area contributed by atoms with Crippen LogP contribution in [0.2, 0.25) is 0 Å². The molecule has 1 aromatic carbocycles. The van der Waals surface area contributed by atoms with Gasteiger partial charge >= 0.3 is 0 Å². The minimum atomic E-state index is 0.233. The zero-order valence-corrected chi connectivity index (χ0v) is 11.8. The molecule has 2 aliphatic rings. The third-order valence-corrected chi connectivity index (χ3v) is 4.57. The Morgan fingerprint density at radius 1 is 1.20 bits per heavy atom. The predicted octanol–water partition coefficient (Wildman–Crippen LogP) is 1.25. The normalized spacial score (nSPS) is 26.9. The average molecular weight is 273 g/mol. The topological polar surface area (TPSA) is 58.4 Å². The second kappa shape index (κ2) is 5.94. The molecule has 108 valence electrons. The van der Waals surface area contributed by atoms with E-state index in [0.717, 1.165) is 32.5 Å². The lowest BCUT2D eigenvalue weighted by Gasteiger charge is -2.41. The van der Waals surface area contributed by atoms with Gasteiger partial charge in [0.25, 0.3) is 0 Å². The van der Waals surface area contributed by atoms with Crippen LogP contribution in [-0.4, -0.2) is 29.9 Å². The summed E-state index contributed by atoms with van der Waals surface area (Å²) in [6.07, 6.45) is 2.82. The van der Waals surface area contributed by atoms with Crippen LogP contribution in [0.4, 0.5) is 0 Å². The summed E-state index contributed by atoms with van der Waals surface area (Å²) in [5.74, 6) is 0.863. The van der Waals surface area contributed by atoms with Gasteiger partial charge in [0.05, 0.1) is 0 Å². The van der Waals surface area contributed by atoms with E-state index in [1.54, 1.807) is 0 Å². The summed E-state index contributed by atoms with van der Waals surface area (Å²) in [4.78, 5) is 13.9. The van der Waals surface area contributed by atoms with Gasteiger partial charge in [0, 0.05) is 38.6 Å². The van der Waals surface area contributed by atoms with E-state index >= 15 is 0 Å². The number of nitrogens with two attached hydrogens (primary N) is 1. The third kappa shape index (κ3) is 3.02. The predicted molar refractivity (Wildman–Crippen MR) is 78.9 cm³/mol. The first-order chi connectivity index (χ1) is 9.74. The van der Waals surface area contributed by atoms with E-state index < -0.39 is 0 Å². The van der Waals surface area contributed by atoms with Crippen LogP contribution in [-0.2, 0) is 17.9 Å². The third-order valence-electron chi connectivity index (χ3n) is 4.57. The number of fused-ring (bicyclic) bond motifs is 1. The van der Waals surface area contributed by atoms with Crippen LogP contribution < -0.4 is 11.1 Å². The average Bonchev–Trinajstić information content (AvgIpc) is 2.48. The monoisotopic (exact) mass is 273 g/mol. The number of piperidine rings is 2. The molecule has 3 rings (SSSR count). The van der Waals surface area contributed by atoms with Gasteiger partial charge in [0.1, 0.15) is 0 Å². The molecule has 20 heavy (non-hydrogen) atoms. The quantitative estimate of drug-likeness (QED) is 0.871. The lowest BCUT2D eigenvalue weighted by molar-refractivity contribution is -0.125. The number of carbonyl (C=O) groups is 1. The molecule has 0 radical (unpaired) electrons. The van der Waals surface area contributed by atoms with Crippen LogP contribution >= 0.6 is 0 Å². The number of hydrogen-bond donors (Lipinski definition) is 2. The van der Waals surface area contributed by atoms with Gasteiger partial charge in [-0.15, -0.1) is 0 Å². The number of nitrogens with zero attached hydrogens (tertiary/aromatic N) is 1. The van der Waals surface area contributed by atoms with Gasteiger partial charge in [-0.3, -0.25) is 9.69 Å². The lowest BCUT2D eigenvalue weighted by atomic mass is 9.85. The summed E-state index contributed by atoms with van der Waals surface area (Å²) in [7, 11) is 0. The zero-order chi connectivity index (χ0) is 13.9. The molecule has 1 aromatic rings. The van der Waals surface area contributed by atoms with Crippen LogP contribution in [0.5, 0.6) is 0 Å². The summed E-state index contributed by atoms with van der Waals surface area (Å²) >= 11 is 0. The van der Waals surface area contributed by atoms with Gasteiger partial charge in [0.2, 0.25) is 5.91 Å². The summed E-state index contributed by atoms with van der Waals surface area (Å²) in [5.41, 5.74) is 8.15. The van der Waals surface area contributed by atoms with Gasteiger partial charge in [-0.25, -0.2) is 0 Å². The van der Waals surface area contributed by atoms with Crippen molar-refractivity contribution in [3.05, 3.63) is 35.4 Å². The van der Waals surface area contributed by atoms with Crippen LogP contribution in [0.3, 0.4) is 0 Å². The first-order valence-electron chi connectivity index (χ1n) is 7.54. The van der Waals surface area contributed by atoms with E-state index in [2.05, 4.69) is 34.5 Å². The van der Waals surface area contributed by atoms with Gasteiger partial charge < -0.3 is 11.1 Å². The Labute approximate surface area is 120 Å². The molecule has 2 aliphatic heterocycles. The number of benzene rings is 1. The van der Waals surface area contributed by atoms with Crippen LogP contribution in [0.1, 0.15) is 30.4 Å². The zero-order valence-electron chi connectivity index (χ0n) is 11.8. The highest BCUT2D eigenvalue weighted by Gasteiger charge is 2.33. The van der Waals surface area contributed by atoms with Crippen molar-refractivity contribution in [2.75, 3.05) is 13.1 Å². The molecule has 4 nitrogen and oxygen atoms in total. The van der Waals surface area contributed by atoms with Gasteiger partial charge in [-0.05, 0) is 29.9 Å². The molecule has 0 aromatic heterocycles. The maximum absolute atomic E-state index is 11.4. The second-order valence-corrected chi connectivity index (χ2v) is 6.02. The molecule has 0 bridgehead atoms. The SMILES string of the molecule is NCc1ccc(CN2CCC3NC(=O)CCC3C2)cc1. The Kier molecular flexibility index (Phi) is 4.03. The maximum Gasteiger partial charge on any atom is 0.220 e. The number of carbonyl (C=O) groups excluding carboxylic acids is 1. The Morgan fingerprint density at radius 2 is 1.95 bits per heavy atom. The maximum atomic E-state index is 11.4. The van der Waals surface area contributed by atoms with E-state index in [4.69, 9.17) is 5.73 Å². The van der Waals surface area contributed by atoms with Crippen molar-refractivity contribution in [1.82, 2.24) is 10.2 Å². The highest BCUT2D eigenvalue weighted by molar-refractivity contribution is 5.77. The molecule has 0 aliphatic carbocycles. The number of likely N-dealkylation sites (tertiary alicyclic amines) is 1. The van der Waals surface area contributed by atoms with Crippen molar-refractivity contribution < 1.29 is 4.79 Å². The molecule has 2 fully saturated rings. The standard InChI is InChI=1S/C16H23N3O/c17-9-12-1-3-13(4-2-12)10-19-8-7-15-14(11-19)5-6-16(20)18-15/h1-4,14-15H,5-11,17H2,(H,18,20). The van der Waals surface area contributed by atoms with Gasteiger partial charge in [-0.1, -0.05) is 24.3 Å². The second-order valence-electron chi connectivity index (χ2n) is 6.02. The minimum absolute atomic E-state index is 0.233. The van der Waals surface area contributed by atoms with E-state index in [1.165, 1.54) is 11.1 Å². The number of hydrogen-bond acceptors (Lipinski definition) is 3. The minimum Gasteiger partial charge on any atom is -0.353 e. The molecule has 2 heterocycles. The van der Waals surface area contributed by atoms with Crippen LogP contribution in [0, 0.1) is 5.92 Å². The molecular formula is C16H23N3O. The molecule has 3 N–H and O–H groups in total. The van der Waals surface area contributed by atoms with Crippen molar-refractivity contribution >= 4 is 5.91 Å². The number of rotatable bonds is 3. The van der Waals surface area contributed by atoms with Crippen molar-refractivity contribution in [3.63, 3.8) is 0 Å². The first-order valence-corrected chi connectivity index (χ1v) is 7.54. The number of amides is 1. The molecule has 0 saturated carbocycles. The highest BCUT2D eigenvalue weighted by Crippen LogP contribution is 2.26. The first kappa shape index (κ1) is 13.6. The van der Waals surface area contributed by atoms with Crippen molar-refractivity contribution in [2.24, 2.45) is 11.7 Å². The summed E-state index contributed by atoms with van der Waals surface area (Å²) in [6.45, 7) is 3.78. The number of nitrogens with one attached hydrogen (secondary N) is 1.